The Morgan fingerprint density at radius 1 is 1.24 bits per heavy atom. The molecule has 0 bridgehead atoms. The number of piperazine rings is 1. The minimum absolute atomic E-state index is 0.189. The van der Waals surface area contributed by atoms with E-state index in [1.807, 2.05) is 0 Å². The molecule has 1 aromatic rings. The summed E-state index contributed by atoms with van der Waals surface area (Å²) in [7, 11) is -3.52. The highest BCUT2D eigenvalue weighted by Gasteiger charge is 2.29. The number of aliphatic hydroxyl groups is 1. The van der Waals surface area contributed by atoms with E-state index < -0.39 is 10.0 Å². The zero-order valence-electron chi connectivity index (χ0n) is 12.3. The maximum Gasteiger partial charge on any atom is 0.243 e. The van der Waals surface area contributed by atoms with Gasteiger partial charge in [0.05, 0.1) is 11.5 Å². The summed E-state index contributed by atoms with van der Waals surface area (Å²) in [4.78, 5) is 2.45. The molecule has 1 aromatic carbocycles. The molecule has 2 rings (SSSR count). The van der Waals surface area contributed by atoms with Crippen LogP contribution in [0.15, 0.2) is 23.1 Å². The molecule has 7 heteroatoms. The van der Waals surface area contributed by atoms with E-state index in [9.17, 15) is 13.5 Å². The van der Waals surface area contributed by atoms with Crippen molar-refractivity contribution < 1.29 is 13.5 Å². The van der Waals surface area contributed by atoms with Gasteiger partial charge in [0.15, 0.2) is 0 Å². The lowest BCUT2D eigenvalue weighted by Gasteiger charge is -2.36. The molecule has 0 unspecified atom stereocenters. The Kier molecular flexibility index (Phi) is 5.27. The summed E-state index contributed by atoms with van der Waals surface area (Å²) in [6.07, 6.45) is 0. The standard InChI is InChI=1S/C14H21ClN2O3S/c1-11(2)16-5-7-17(8-6-16)21(19,20)13-3-4-14(15)12(9-13)10-18/h3-4,9,11,18H,5-8,10H2,1-2H3. The lowest BCUT2D eigenvalue weighted by Crippen LogP contribution is -2.50. The molecule has 21 heavy (non-hydrogen) atoms. The number of hydrogen-bond acceptors (Lipinski definition) is 4. The molecule has 0 atom stereocenters. The number of halogens is 1. The van der Waals surface area contributed by atoms with Crippen molar-refractivity contribution in [2.24, 2.45) is 0 Å². The van der Waals surface area contributed by atoms with Crippen molar-refractivity contribution in [3.05, 3.63) is 28.8 Å². The van der Waals surface area contributed by atoms with Crippen LogP contribution >= 0.6 is 11.6 Å². The first-order chi connectivity index (χ1) is 9.86. The first-order valence-electron chi connectivity index (χ1n) is 6.99. The van der Waals surface area contributed by atoms with Gasteiger partial charge >= 0.3 is 0 Å². The van der Waals surface area contributed by atoms with E-state index in [1.165, 1.54) is 22.5 Å². The fraction of sp³-hybridized carbons (Fsp3) is 0.571. The third-order valence-electron chi connectivity index (χ3n) is 3.83. The third kappa shape index (κ3) is 3.57. The molecule has 1 aliphatic heterocycles. The zero-order valence-corrected chi connectivity index (χ0v) is 13.9. The van der Waals surface area contributed by atoms with Gasteiger partial charge in [-0.25, -0.2) is 8.42 Å². The normalized spacial score (nSPS) is 18.3. The summed E-state index contributed by atoms with van der Waals surface area (Å²) < 4.78 is 26.7. The molecule has 118 valence electrons. The molecular formula is C14H21ClN2O3S. The van der Waals surface area contributed by atoms with Crippen LogP contribution in [0.5, 0.6) is 0 Å². The van der Waals surface area contributed by atoms with Gasteiger partial charge in [0.25, 0.3) is 0 Å². The maximum absolute atomic E-state index is 12.6. The molecule has 0 saturated carbocycles. The molecule has 0 aromatic heterocycles. The van der Waals surface area contributed by atoms with Crippen LogP contribution in [0, 0.1) is 0 Å². The zero-order chi connectivity index (χ0) is 15.6. The van der Waals surface area contributed by atoms with E-state index in [0.717, 1.165) is 13.1 Å². The Morgan fingerprint density at radius 2 is 1.86 bits per heavy atom. The number of benzene rings is 1. The number of nitrogens with zero attached hydrogens (tertiary/aromatic N) is 2. The molecule has 0 amide bonds. The Hall–Kier alpha value is -0.660. The molecule has 5 nitrogen and oxygen atoms in total. The van der Waals surface area contributed by atoms with Crippen LogP contribution in [0.25, 0.3) is 0 Å². The summed E-state index contributed by atoms with van der Waals surface area (Å²) in [5.74, 6) is 0. The highest BCUT2D eigenvalue weighted by atomic mass is 35.5. The van der Waals surface area contributed by atoms with Gasteiger partial charge in [0, 0.05) is 37.2 Å². The topological polar surface area (TPSA) is 60.9 Å². The van der Waals surface area contributed by atoms with Crippen LogP contribution in [0.2, 0.25) is 5.02 Å². The van der Waals surface area contributed by atoms with Crippen LogP contribution in [0.3, 0.4) is 0 Å². The summed E-state index contributed by atoms with van der Waals surface area (Å²) in [6, 6.07) is 4.88. The number of hydrogen-bond donors (Lipinski definition) is 1. The molecule has 0 spiro atoms. The maximum atomic E-state index is 12.6. The lowest BCUT2D eigenvalue weighted by molar-refractivity contribution is 0.154. The van der Waals surface area contributed by atoms with Crippen LogP contribution in [0.1, 0.15) is 19.4 Å². The average molecular weight is 333 g/mol. The van der Waals surface area contributed by atoms with Gasteiger partial charge in [-0.05, 0) is 37.6 Å². The molecular weight excluding hydrogens is 312 g/mol. The molecule has 0 radical (unpaired) electrons. The van der Waals surface area contributed by atoms with Crippen molar-refractivity contribution in [1.29, 1.82) is 0 Å². The summed E-state index contributed by atoms with van der Waals surface area (Å²) in [5, 5.41) is 9.59. The predicted octanol–water partition coefficient (Wildman–Crippen LogP) is 1.55. The second-order valence-corrected chi connectivity index (χ2v) is 7.79. The summed E-state index contributed by atoms with van der Waals surface area (Å²) in [5.41, 5.74) is 0.429. The van der Waals surface area contributed by atoms with E-state index in [1.54, 1.807) is 0 Å². The van der Waals surface area contributed by atoms with Gasteiger partial charge in [-0.1, -0.05) is 11.6 Å². The van der Waals surface area contributed by atoms with Crippen LogP contribution < -0.4 is 0 Å². The van der Waals surface area contributed by atoms with Gasteiger partial charge in [-0.3, -0.25) is 4.90 Å². The van der Waals surface area contributed by atoms with Crippen molar-refractivity contribution in [2.45, 2.75) is 31.4 Å². The minimum atomic E-state index is -3.52. The van der Waals surface area contributed by atoms with Crippen molar-refractivity contribution in [2.75, 3.05) is 26.2 Å². The summed E-state index contributed by atoms with van der Waals surface area (Å²) >= 11 is 5.91. The van der Waals surface area contributed by atoms with Crippen molar-refractivity contribution in [3.63, 3.8) is 0 Å². The molecule has 1 saturated heterocycles. The highest BCUT2D eigenvalue weighted by molar-refractivity contribution is 7.89. The fourth-order valence-corrected chi connectivity index (χ4v) is 4.09. The van der Waals surface area contributed by atoms with E-state index >= 15 is 0 Å². The molecule has 1 fully saturated rings. The van der Waals surface area contributed by atoms with Crippen LogP contribution in [0.4, 0.5) is 0 Å². The average Bonchev–Trinajstić information content (AvgIpc) is 2.47. The first-order valence-corrected chi connectivity index (χ1v) is 8.81. The van der Waals surface area contributed by atoms with Crippen LogP contribution in [-0.4, -0.2) is 55.0 Å². The second-order valence-electron chi connectivity index (χ2n) is 5.45. The Bertz CT molecular complexity index is 596. The van der Waals surface area contributed by atoms with Gasteiger partial charge < -0.3 is 5.11 Å². The number of rotatable bonds is 4. The minimum Gasteiger partial charge on any atom is -0.392 e. The Balaban J connectivity index is 2.19. The van der Waals surface area contributed by atoms with E-state index in [-0.39, 0.29) is 11.5 Å². The number of sulfonamides is 1. The van der Waals surface area contributed by atoms with Crippen LogP contribution in [-0.2, 0) is 16.6 Å². The highest BCUT2D eigenvalue weighted by Crippen LogP contribution is 2.24. The molecule has 1 aliphatic rings. The van der Waals surface area contributed by atoms with Gasteiger partial charge in [0.1, 0.15) is 0 Å². The molecule has 1 heterocycles. The van der Waals surface area contributed by atoms with Gasteiger partial charge in [0.2, 0.25) is 10.0 Å². The van der Waals surface area contributed by atoms with E-state index in [4.69, 9.17) is 11.6 Å². The monoisotopic (exact) mass is 332 g/mol. The van der Waals surface area contributed by atoms with E-state index in [2.05, 4.69) is 18.7 Å². The molecule has 0 aliphatic carbocycles. The smallest absolute Gasteiger partial charge is 0.243 e. The Labute approximate surface area is 131 Å². The SMILES string of the molecule is CC(C)N1CCN(S(=O)(=O)c2ccc(Cl)c(CO)c2)CC1. The quantitative estimate of drug-likeness (QED) is 0.908. The predicted molar refractivity (Wildman–Crippen MR) is 82.8 cm³/mol. The van der Waals surface area contributed by atoms with Crippen molar-refractivity contribution in [3.8, 4) is 0 Å². The largest absolute Gasteiger partial charge is 0.392 e. The Morgan fingerprint density at radius 3 is 2.38 bits per heavy atom. The molecule has 1 N–H and O–H groups in total. The van der Waals surface area contributed by atoms with E-state index in [0.29, 0.717) is 29.7 Å². The number of aliphatic hydroxyl groups excluding tert-OH is 1. The van der Waals surface area contributed by atoms with Crippen molar-refractivity contribution >= 4 is 21.6 Å². The van der Waals surface area contributed by atoms with Gasteiger partial charge in [-0.2, -0.15) is 4.31 Å². The first kappa shape index (κ1) is 16.7. The fourth-order valence-electron chi connectivity index (χ4n) is 2.44. The summed E-state index contributed by atoms with van der Waals surface area (Å²) in [6.45, 7) is 6.38. The second kappa shape index (κ2) is 6.62. The lowest BCUT2D eigenvalue weighted by atomic mass is 10.2. The third-order valence-corrected chi connectivity index (χ3v) is 6.09. The van der Waals surface area contributed by atoms with Crippen molar-refractivity contribution in [1.82, 2.24) is 9.21 Å². The van der Waals surface area contributed by atoms with Gasteiger partial charge in [-0.15, -0.1) is 0 Å².